The van der Waals surface area contributed by atoms with Gasteiger partial charge < -0.3 is 10.6 Å². The summed E-state index contributed by atoms with van der Waals surface area (Å²) in [4.78, 5) is 16.8. The molecule has 0 aliphatic carbocycles. The summed E-state index contributed by atoms with van der Waals surface area (Å²) >= 11 is 11.3. The Bertz CT molecular complexity index is 855. The van der Waals surface area contributed by atoms with Gasteiger partial charge >= 0.3 is 6.03 Å². The van der Waals surface area contributed by atoms with E-state index in [1.54, 1.807) is 0 Å². The molecular weight excluding hydrogens is 333 g/mol. The van der Waals surface area contributed by atoms with Gasteiger partial charge in [-0.3, -0.25) is 0 Å². The van der Waals surface area contributed by atoms with Crippen molar-refractivity contribution in [3.63, 3.8) is 0 Å². The molecule has 116 valence electrons. The summed E-state index contributed by atoms with van der Waals surface area (Å²) in [5, 5.41) is 7.65. The van der Waals surface area contributed by atoms with E-state index >= 15 is 0 Å². The number of nitrogens with zero attached hydrogens (tertiary/aromatic N) is 1. The zero-order valence-electron chi connectivity index (χ0n) is 12.0. The number of halogens is 2. The summed E-state index contributed by atoms with van der Waals surface area (Å²) < 4.78 is 0. The highest BCUT2D eigenvalue weighted by Crippen LogP contribution is 2.30. The van der Waals surface area contributed by atoms with Crippen LogP contribution in [0, 0.1) is 0 Å². The topological polar surface area (TPSA) is 54.0 Å². The molecule has 2 amide bonds. The Labute approximate surface area is 143 Å². The van der Waals surface area contributed by atoms with Crippen molar-refractivity contribution in [2.24, 2.45) is 0 Å². The van der Waals surface area contributed by atoms with Crippen LogP contribution in [0.1, 0.15) is 0 Å². The molecular formula is C17H13Cl2N3O. The number of fused-ring (bicyclic) bond motifs is 2. The average Bonchev–Trinajstić information content (AvgIpc) is 2.59. The number of carbonyl (C=O) groups excluding carboxylic acids is 1. The van der Waals surface area contributed by atoms with Crippen LogP contribution in [0.2, 0.25) is 0 Å². The molecule has 23 heavy (non-hydrogen) atoms. The molecule has 2 aromatic carbocycles. The summed E-state index contributed by atoms with van der Waals surface area (Å²) in [6.07, 6.45) is 0. The fraction of sp³-hybridized carbons (Fsp3) is 0.0588. The van der Waals surface area contributed by atoms with Crippen molar-refractivity contribution >= 4 is 56.7 Å². The van der Waals surface area contributed by atoms with E-state index < -0.39 is 0 Å². The van der Waals surface area contributed by atoms with Crippen LogP contribution in [-0.4, -0.2) is 17.6 Å². The van der Waals surface area contributed by atoms with Crippen LogP contribution in [-0.2, 0) is 0 Å². The molecule has 1 heterocycles. The molecule has 0 bridgehead atoms. The molecule has 0 spiro atoms. The molecule has 6 heteroatoms. The number of aromatic nitrogens is 1. The molecule has 3 rings (SSSR count). The summed E-state index contributed by atoms with van der Waals surface area (Å²) in [5.41, 5.74) is 3.58. The van der Waals surface area contributed by atoms with E-state index in [-0.39, 0.29) is 12.6 Å². The second kappa shape index (κ2) is 6.86. The van der Waals surface area contributed by atoms with E-state index in [9.17, 15) is 4.79 Å². The predicted octanol–water partition coefficient (Wildman–Crippen LogP) is 4.83. The summed E-state index contributed by atoms with van der Waals surface area (Å²) in [5.74, 6) is 0. The second-order valence-corrected chi connectivity index (χ2v) is 5.59. The number of rotatable bonds is 3. The van der Waals surface area contributed by atoms with E-state index in [1.807, 2.05) is 48.5 Å². The number of hydrogen-bond donors (Lipinski definition) is 2. The number of benzene rings is 2. The van der Waals surface area contributed by atoms with Crippen LogP contribution in [0.4, 0.5) is 10.5 Å². The number of anilines is 1. The summed E-state index contributed by atoms with van der Waals surface area (Å²) in [6.45, 7) is 0.165. The number of para-hydroxylation sites is 2. The fourth-order valence-electron chi connectivity index (χ4n) is 2.34. The van der Waals surface area contributed by atoms with Gasteiger partial charge in [0.25, 0.3) is 0 Å². The summed E-state index contributed by atoms with van der Waals surface area (Å²) in [6, 6.07) is 15.0. The highest BCUT2D eigenvalue weighted by Gasteiger charge is 2.11. The number of carbonyl (C=O) groups is 1. The maximum absolute atomic E-state index is 12.1. The molecule has 0 atom stereocenters. The van der Waals surface area contributed by atoms with Gasteiger partial charge in [-0.2, -0.15) is 0 Å². The first-order valence-corrected chi connectivity index (χ1v) is 7.77. The lowest BCUT2D eigenvalue weighted by atomic mass is 10.1. The van der Waals surface area contributed by atoms with Crippen molar-refractivity contribution in [2.45, 2.75) is 0 Å². The third-order valence-electron chi connectivity index (χ3n) is 3.36. The first kappa shape index (κ1) is 15.6. The Morgan fingerprint density at radius 2 is 1.61 bits per heavy atom. The minimum atomic E-state index is -0.358. The Kier molecular flexibility index (Phi) is 4.65. The van der Waals surface area contributed by atoms with Crippen LogP contribution in [0.25, 0.3) is 21.8 Å². The number of hydrogen-bond acceptors (Lipinski definition) is 2. The van der Waals surface area contributed by atoms with Gasteiger partial charge in [-0.15, -0.1) is 0 Å². The lowest BCUT2D eigenvalue weighted by molar-refractivity contribution is 0.253. The maximum atomic E-state index is 12.1. The van der Waals surface area contributed by atoms with Gasteiger partial charge in [-0.25, -0.2) is 9.78 Å². The molecule has 0 aliphatic heterocycles. The van der Waals surface area contributed by atoms with Crippen molar-refractivity contribution in [3.05, 3.63) is 59.1 Å². The van der Waals surface area contributed by atoms with Crippen molar-refractivity contribution < 1.29 is 4.79 Å². The number of amides is 2. The third kappa shape index (κ3) is 3.38. The van der Waals surface area contributed by atoms with E-state index in [2.05, 4.69) is 15.6 Å². The molecule has 0 aliphatic rings. The quantitative estimate of drug-likeness (QED) is 0.668. The van der Waals surface area contributed by atoms with E-state index in [0.29, 0.717) is 5.03 Å². The second-order valence-electron chi connectivity index (χ2n) is 4.88. The third-order valence-corrected chi connectivity index (χ3v) is 3.98. The Morgan fingerprint density at radius 3 is 2.17 bits per heavy atom. The summed E-state index contributed by atoms with van der Waals surface area (Å²) in [7, 11) is 0. The largest absolute Gasteiger partial charge is 0.333 e. The van der Waals surface area contributed by atoms with Crippen molar-refractivity contribution in [1.82, 2.24) is 10.3 Å². The lowest BCUT2D eigenvalue weighted by Gasteiger charge is -2.12. The normalized spacial score (nSPS) is 11.7. The zero-order chi connectivity index (χ0) is 16.2. The van der Waals surface area contributed by atoms with Crippen LogP contribution >= 0.6 is 23.2 Å². The average molecular weight is 346 g/mol. The van der Waals surface area contributed by atoms with Gasteiger partial charge in [0, 0.05) is 21.3 Å². The SMILES string of the molecule is O=C(NC/C(Cl)=C/Cl)Nc1c2ccccc2nc2ccccc12. The molecule has 4 nitrogen and oxygen atoms in total. The van der Waals surface area contributed by atoms with E-state index in [4.69, 9.17) is 23.2 Å². The standard InChI is InChI=1S/C17H13Cl2N3O/c18-9-11(19)10-20-17(23)22-16-12-5-1-3-7-14(12)21-15-8-4-2-6-13(15)16/h1-9H,10H2,(H2,20,21,22,23)/b11-9-. The van der Waals surface area contributed by atoms with Gasteiger partial charge in [0.1, 0.15) is 0 Å². The fourth-order valence-corrected chi connectivity index (χ4v) is 2.48. The van der Waals surface area contributed by atoms with Crippen LogP contribution in [0.5, 0.6) is 0 Å². The minimum Gasteiger partial charge on any atom is -0.333 e. The van der Waals surface area contributed by atoms with Crippen LogP contribution in [0.3, 0.4) is 0 Å². The highest BCUT2D eigenvalue weighted by molar-refractivity contribution is 6.36. The number of nitrogens with one attached hydrogen (secondary N) is 2. The van der Waals surface area contributed by atoms with E-state index in [1.165, 1.54) is 5.54 Å². The highest BCUT2D eigenvalue weighted by atomic mass is 35.5. The molecule has 3 aromatic rings. The monoisotopic (exact) mass is 345 g/mol. The molecule has 1 aromatic heterocycles. The van der Waals surface area contributed by atoms with Crippen molar-refractivity contribution in [1.29, 1.82) is 0 Å². The van der Waals surface area contributed by atoms with Gasteiger partial charge in [0.05, 0.1) is 23.3 Å². The van der Waals surface area contributed by atoms with E-state index in [0.717, 1.165) is 27.5 Å². The number of urea groups is 1. The Hall–Kier alpha value is -2.30. The Morgan fingerprint density at radius 1 is 1.04 bits per heavy atom. The van der Waals surface area contributed by atoms with Crippen molar-refractivity contribution in [2.75, 3.05) is 11.9 Å². The lowest BCUT2D eigenvalue weighted by Crippen LogP contribution is -2.29. The smallest absolute Gasteiger partial charge is 0.319 e. The Balaban J connectivity index is 2.01. The van der Waals surface area contributed by atoms with Gasteiger partial charge in [0.15, 0.2) is 0 Å². The minimum absolute atomic E-state index is 0.165. The molecule has 0 saturated heterocycles. The van der Waals surface area contributed by atoms with Gasteiger partial charge in [0.2, 0.25) is 0 Å². The predicted molar refractivity (Wildman–Crippen MR) is 96.1 cm³/mol. The van der Waals surface area contributed by atoms with Crippen LogP contribution < -0.4 is 10.6 Å². The van der Waals surface area contributed by atoms with Crippen LogP contribution in [0.15, 0.2) is 59.1 Å². The molecule has 0 unspecified atom stereocenters. The zero-order valence-corrected chi connectivity index (χ0v) is 13.5. The van der Waals surface area contributed by atoms with Gasteiger partial charge in [-0.05, 0) is 12.1 Å². The van der Waals surface area contributed by atoms with Crippen molar-refractivity contribution in [3.8, 4) is 0 Å². The maximum Gasteiger partial charge on any atom is 0.319 e. The van der Waals surface area contributed by atoms with Gasteiger partial charge in [-0.1, -0.05) is 59.6 Å². The molecule has 0 saturated carbocycles. The first-order valence-electron chi connectivity index (χ1n) is 6.96. The number of pyridine rings is 1. The molecule has 0 radical (unpaired) electrons. The molecule has 0 fully saturated rings. The first-order chi connectivity index (χ1) is 11.2. The molecule has 2 N–H and O–H groups in total.